The molecule has 1 aromatic heterocycles. The third-order valence-corrected chi connectivity index (χ3v) is 3.90. The van der Waals surface area contributed by atoms with Gasteiger partial charge in [0.15, 0.2) is 5.82 Å². The van der Waals surface area contributed by atoms with Gasteiger partial charge in [-0.1, -0.05) is 43.0 Å². The molecule has 1 saturated carbocycles. The Morgan fingerprint density at radius 1 is 1.10 bits per heavy atom. The van der Waals surface area contributed by atoms with Gasteiger partial charge in [-0.3, -0.25) is 0 Å². The van der Waals surface area contributed by atoms with E-state index in [9.17, 15) is 0 Å². The fraction of sp³-hybridized carbons (Fsp3) is 0.500. The molecule has 1 N–H and O–H groups in total. The summed E-state index contributed by atoms with van der Waals surface area (Å²) in [5.74, 6) is 1.27. The SMILES string of the molecule is Cc1noc(-c2ccccc2NC2CCCCCC2)n1. The van der Waals surface area contributed by atoms with Crippen molar-refractivity contribution >= 4 is 5.69 Å². The molecule has 4 heteroatoms. The Kier molecular flexibility index (Phi) is 4.00. The van der Waals surface area contributed by atoms with E-state index in [0.29, 0.717) is 17.8 Å². The molecular formula is C16H21N3O. The van der Waals surface area contributed by atoms with E-state index in [1.807, 2.05) is 25.1 Å². The van der Waals surface area contributed by atoms with Crippen LogP contribution in [0.1, 0.15) is 44.3 Å². The lowest BCUT2D eigenvalue weighted by Gasteiger charge is -2.19. The van der Waals surface area contributed by atoms with Crippen LogP contribution in [0, 0.1) is 6.92 Å². The van der Waals surface area contributed by atoms with Crippen LogP contribution in [0.25, 0.3) is 11.5 Å². The van der Waals surface area contributed by atoms with Crippen molar-refractivity contribution in [2.24, 2.45) is 0 Å². The van der Waals surface area contributed by atoms with E-state index in [1.54, 1.807) is 0 Å². The number of anilines is 1. The monoisotopic (exact) mass is 271 g/mol. The summed E-state index contributed by atoms with van der Waals surface area (Å²) in [4.78, 5) is 4.34. The largest absolute Gasteiger partial charge is 0.382 e. The van der Waals surface area contributed by atoms with Crippen LogP contribution >= 0.6 is 0 Å². The van der Waals surface area contributed by atoms with Gasteiger partial charge in [0.25, 0.3) is 5.89 Å². The molecule has 106 valence electrons. The predicted octanol–water partition coefficient (Wildman–Crippen LogP) is 4.18. The second kappa shape index (κ2) is 6.07. The maximum absolute atomic E-state index is 5.30. The van der Waals surface area contributed by atoms with Gasteiger partial charge in [0.2, 0.25) is 0 Å². The van der Waals surface area contributed by atoms with Gasteiger partial charge in [-0.05, 0) is 31.9 Å². The normalized spacial score (nSPS) is 16.9. The zero-order chi connectivity index (χ0) is 13.8. The average Bonchev–Trinajstić information content (AvgIpc) is 2.73. The summed E-state index contributed by atoms with van der Waals surface area (Å²) in [5, 5.41) is 7.55. The van der Waals surface area contributed by atoms with Crippen molar-refractivity contribution in [2.45, 2.75) is 51.5 Å². The number of benzene rings is 1. The van der Waals surface area contributed by atoms with Gasteiger partial charge < -0.3 is 9.84 Å². The first kappa shape index (κ1) is 13.2. The third kappa shape index (κ3) is 3.00. The van der Waals surface area contributed by atoms with Gasteiger partial charge >= 0.3 is 0 Å². The van der Waals surface area contributed by atoms with Crippen molar-refractivity contribution in [1.29, 1.82) is 0 Å². The number of aryl methyl sites for hydroxylation is 1. The molecule has 0 unspecified atom stereocenters. The summed E-state index contributed by atoms with van der Waals surface area (Å²) in [6.07, 6.45) is 7.86. The van der Waals surface area contributed by atoms with Crippen LogP contribution in [0.15, 0.2) is 28.8 Å². The maximum atomic E-state index is 5.30. The number of aromatic nitrogens is 2. The van der Waals surface area contributed by atoms with Crippen LogP contribution in [-0.4, -0.2) is 16.2 Å². The second-order valence-electron chi connectivity index (χ2n) is 5.53. The van der Waals surface area contributed by atoms with Gasteiger partial charge in [0, 0.05) is 11.7 Å². The van der Waals surface area contributed by atoms with Crippen LogP contribution in [-0.2, 0) is 0 Å². The molecule has 0 amide bonds. The van der Waals surface area contributed by atoms with E-state index in [4.69, 9.17) is 4.52 Å². The Balaban J connectivity index is 1.82. The summed E-state index contributed by atoms with van der Waals surface area (Å²) in [6.45, 7) is 1.84. The van der Waals surface area contributed by atoms with Gasteiger partial charge in [-0.25, -0.2) is 0 Å². The predicted molar refractivity (Wildman–Crippen MR) is 79.6 cm³/mol. The first-order valence-corrected chi connectivity index (χ1v) is 7.49. The molecule has 1 heterocycles. The summed E-state index contributed by atoms with van der Waals surface area (Å²) in [5.41, 5.74) is 2.10. The first-order chi connectivity index (χ1) is 9.83. The Morgan fingerprint density at radius 3 is 2.55 bits per heavy atom. The molecule has 0 bridgehead atoms. The molecule has 1 aromatic carbocycles. The number of rotatable bonds is 3. The molecule has 0 aliphatic heterocycles. The Bertz CT molecular complexity index is 556. The summed E-state index contributed by atoms with van der Waals surface area (Å²) >= 11 is 0. The number of nitrogens with one attached hydrogen (secondary N) is 1. The minimum atomic E-state index is 0.558. The number of hydrogen-bond acceptors (Lipinski definition) is 4. The van der Waals surface area contributed by atoms with Gasteiger partial charge in [0.05, 0.1) is 5.56 Å². The van der Waals surface area contributed by atoms with E-state index < -0.39 is 0 Å². The van der Waals surface area contributed by atoms with E-state index in [-0.39, 0.29) is 0 Å². The van der Waals surface area contributed by atoms with Gasteiger partial charge in [-0.2, -0.15) is 4.98 Å². The van der Waals surface area contributed by atoms with Crippen molar-refractivity contribution in [2.75, 3.05) is 5.32 Å². The van der Waals surface area contributed by atoms with Gasteiger partial charge in [0.1, 0.15) is 0 Å². The number of hydrogen-bond donors (Lipinski definition) is 1. The highest BCUT2D eigenvalue weighted by Gasteiger charge is 2.16. The molecule has 1 aliphatic carbocycles. The van der Waals surface area contributed by atoms with Crippen molar-refractivity contribution in [3.05, 3.63) is 30.1 Å². The lowest BCUT2D eigenvalue weighted by atomic mass is 10.1. The molecule has 0 saturated heterocycles. The van der Waals surface area contributed by atoms with Crippen LogP contribution in [0.5, 0.6) is 0 Å². The highest BCUT2D eigenvalue weighted by atomic mass is 16.5. The van der Waals surface area contributed by atoms with E-state index in [0.717, 1.165) is 11.3 Å². The number of para-hydroxylation sites is 1. The summed E-state index contributed by atoms with van der Waals surface area (Å²) in [7, 11) is 0. The third-order valence-electron chi connectivity index (χ3n) is 3.90. The Morgan fingerprint density at radius 2 is 1.85 bits per heavy atom. The Labute approximate surface area is 119 Å². The molecular weight excluding hydrogens is 250 g/mol. The fourth-order valence-electron chi connectivity index (χ4n) is 2.85. The minimum absolute atomic E-state index is 0.558. The van der Waals surface area contributed by atoms with Crippen molar-refractivity contribution in [3.63, 3.8) is 0 Å². The molecule has 2 aromatic rings. The molecule has 4 nitrogen and oxygen atoms in total. The minimum Gasteiger partial charge on any atom is -0.382 e. The molecule has 0 radical (unpaired) electrons. The first-order valence-electron chi connectivity index (χ1n) is 7.49. The lowest BCUT2D eigenvalue weighted by molar-refractivity contribution is 0.425. The zero-order valence-electron chi connectivity index (χ0n) is 11.9. The molecule has 20 heavy (non-hydrogen) atoms. The van der Waals surface area contributed by atoms with Crippen LogP contribution in [0.2, 0.25) is 0 Å². The summed E-state index contributed by atoms with van der Waals surface area (Å²) < 4.78 is 5.30. The second-order valence-corrected chi connectivity index (χ2v) is 5.53. The highest BCUT2D eigenvalue weighted by molar-refractivity contribution is 5.72. The van der Waals surface area contributed by atoms with Crippen LogP contribution in [0.3, 0.4) is 0 Å². The van der Waals surface area contributed by atoms with Gasteiger partial charge in [-0.15, -0.1) is 0 Å². The van der Waals surface area contributed by atoms with E-state index in [1.165, 1.54) is 38.5 Å². The standard InChI is InChI=1S/C16H21N3O/c1-12-17-16(20-19-12)14-10-6-7-11-15(14)18-13-8-4-2-3-5-9-13/h6-7,10-11,13,18H,2-5,8-9H2,1H3. The van der Waals surface area contributed by atoms with Crippen LogP contribution in [0.4, 0.5) is 5.69 Å². The molecule has 3 rings (SSSR count). The Hall–Kier alpha value is -1.84. The maximum Gasteiger partial charge on any atom is 0.260 e. The molecule has 0 spiro atoms. The van der Waals surface area contributed by atoms with Crippen molar-refractivity contribution < 1.29 is 4.52 Å². The van der Waals surface area contributed by atoms with Crippen LogP contribution < -0.4 is 5.32 Å². The summed E-state index contributed by atoms with van der Waals surface area (Å²) in [6, 6.07) is 8.74. The zero-order valence-corrected chi connectivity index (χ0v) is 11.9. The smallest absolute Gasteiger partial charge is 0.260 e. The molecule has 0 atom stereocenters. The quantitative estimate of drug-likeness (QED) is 0.851. The highest BCUT2D eigenvalue weighted by Crippen LogP contribution is 2.29. The van der Waals surface area contributed by atoms with Crippen molar-refractivity contribution in [3.8, 4) is 11.5 Å². The van der Waals surface area contributed by atoms with Crippen molar-refractivity contribution in [1.82, 2.24) is 10.1 Å². The topological polar surface area (TPSA) is 51.0 Å². The van der Waals surface area contributed by atoms with E-state index in [2.05, 4.69) is 21.5 Å². The average molecular weight is 271 g/mol. The fourth-order valence-corrected chi connectivity index (χ4v) is 2.85. The lowest BCUT2D eigenvalue weighted by Crippen LogP contribution is -2.18. The number of nitrogens with zero attached hydrogens (tertiary/aromatic N) is 2. The molecule has 1 fully saturated rings. The molecule has 1 aliphatic rings. The van der Waals surface area contributed by atoms with E-state index >= 15 is 0 Å².